The molecule has 0 spiro atoms. The Bertz CT molecular complexity index is 521. The molecule has 2 amide bonds. The third-order valence-electron chi connectivity index (χ3n) is 5.60. The second-order valence-corrected chi connectivity index (χ2v) is 8.26. The quantitative estimate of drug-likeness (QED) is 0.673. The standard InChI is InChI=1S/C22H41N3O3/c1-8-10-13-17(5)20(28-9-2)19-21(26)23-14-11-12-15-24(6)18(16(3)4)22(27)25(19)7/h8,10,16-20H,9,11-15H2,1-7H3,(H,23,26)/b10-8+. The van der Waals surface area contributed by atoms with Crippen molar-refractivity contribution < 1.29 is 14.3 Å². The summed E-state index contributed by atoms with van der Waals surface area (Å²) in [5.41, 5.74) is 0. The van der Waals surface area contributed by atoms with Crippen LogP contribution in [0.3, 0.4) is 0 Å². The summed E-state index contributed by atoms with van der Waals surface area (Å²) in [5.74, 6) is 0.147. The Morgan fingerprint density at radius 1 is 1.18 bits per heavy atom. The van der Waals surface area contributed by atoms with Gasteiger partial charge in [-0.3, -0.25) is 14.5 Å². The van der Waals surface area contributed by atoms with Crippen molar-refractivity contribution in [3.05, 3.63) is 12.2 Å². The van der Waals surface area contributed by atoms with Crippen LogP contribution in [0.2, 0.25) is 0 Å². The second kappa shape index (κ2) is 12.2. The summed E-state index contributed by atoms with van der Waals surface area (Å²) < 4.78 is 6.05. The minimum atomic E-state index is -0.638. The third-order valence-corrected chi connectivity index (χ3v) is 5.60. The highest BCUT2D eigenvalue weighted by molar-refractivity contribution is 5.90. The molecule has 4 unspecified atom stereocenters. The fourth-order valence-corrected chi connectivity index (χ4v) is 4.06. The summed E-state index contributed by atoms with van der Waals surface area (Å²) in [7, 11) is 3.76. The highest BCUT2D eigenvalue weighted by Gasteiger charge is 2.41. The summed E-state index contributed by atoms with van der Waals surface area (Å²) in [5, 5.41) is 3.04. The number of likely N-dealkylation sites (N-methyl/N-ethyl adjacent to an activating group) is 2. The van der Waals surface area contributed by atoms with Gasteiger partial charge in [0.25, 0.3) is 0 Å². The fraction of sp³-hybridized carbons (Fsp3) is 0.818. The molecule has 0 aliphatic carbocycles. The van der Waals surface area contributed by atoms with Crippen molar-refractivity contribution in [1.29, 1.82) is 0 Å². The summed E-state index contributed by atoms with van der Waals surface area (Å²) in [4.78, 5) is 30.4. The van der Waals surface area contributed by atoms with Crippen LogP contribution in [-0.4, -0.2) is 73.6 Å². The number of ether oxygens (including phenoxy) is 1. The molecule has 6 nitrogen and oxygen atoms in total. The van der Waals surface area contributed by atoms with Gasteiger partial charge in [-0.15, -0.1) is 0 Å². The van der Waals surface area contributed by atoms with Crippen LogP contribution < -0.4 is 5.32 Å². The van der Waals surface area contributed by atoms with Gasteiger partial charge < -0.3 is 15.0 Å². The number of carbonyl (C=O) groups excluding carboxylic acids is 2. The van der Waals surface area contributed by atoms with E-state index in [-0.39, 0.29) is 35.8 Å². The van der Waals surface area contributed by atoms with Gasteiger partial charge in [0.15, 0.2) is 0 Å². The molecule has 1 rings (SSSR count). The van der Waals surface area contributed by atoms with Crippen molar-refractivity contribution in [3.8, 4) is 0 Å². The lowest BCUT2D eigenvalue weighted by atomic mass is 9.91. The number of carbonyl (C=O) groups is 2. The van der Waals surface area contributed by atoms with Crippen LogP contribution in [0.1, 0.15) is 53.9 Å². The Kier molecular flexibility index (Phi) is 10.8. The van der Waals surface area contributed by atoms with Gasteiger partial charge in [0.2, 0.25) is 11.8 Å². The minimum absolute atomic E-state index is 0.0116. The fourth-order valence-electron chi connectivity index (χ4n) is 4.06. The number of allylic oxidation sites excluding steroid dienone is 2. The number of nitrogens with zero attached hydrogens (tertiary/aromatic N) is 2. The third kappa shape index (κ3) is 6.59. The van der Waals surface area contributed by atoms with E-state index < -0.39 is 6.04 Å². The first-order chi connectivity index (χ1) is 13.3. The summed E-state index contributed by atoms with van der Waals surface area (Å²) >= 11 is 0. The van der Waals surface area contributed by atoms with E-state index in [4.69, 9.17) is 4.74 Å². The van der Waals surface area contributed by atoms with Crippen molar-refractivity contribution in [2.45, 2.75) is 72.1 Å². The predicted molar refractivity (Wildman–Crippen MR) is 114 cm³/mol. The summed E-state index contributed by atoms with van der Waals surface area (Å²) in [6.07, 6.45) is 6.41. The smallest absolute Gasteiger partial charge is 0.245 e. The van der Waals surface area contributed by atoms with Crippen LogP contribution in [-0.2, 0) is 14.3 Å². The van der Waals surface area contributed by atoms with E-state index in [9.17, 15) is 9.59 Å². The van der Waals surface area contributed by atoms with Crippen LogP contribution in [0.15, 0.2) is 12.2 Å². The van der Waals surface area contributed by atoms with Crippen molar-refractivity contribution in [3.63, 3.8) is 0 Å². The molecule has 1 saturated heterocycles. The predicted octanol–water partition coefficient (Wildman–Crippen LogP) is 2.69. The van der Waals surface area contributed by atoms with Crippen LogP contribution in [0.5, 0.6) is 0 Å². The van der Waals surface area contributed by atoms with E-state index in [0.29, 0.717) is 13.2 Å². The van der Waals surface area contributed by atoms with Crippen LogP contribution in [0.25, 0.3) is 0 Å². The van der Waals surface area contributed by atoms with E-state index in [1.165, 1.54) is 0 Å². The van der Waals surface area contributed by atoms with Crippen molar-refractivity contribution in [2.24, 2.45) is 11.8 Å². The van der Waals surface area contributed by atoms with Gasteiger partial charge in [-0.2, -0.15) is 0 Å². The van der Waals surface area contributed by atoms with Gasteiger partial charge in [0.05, 0.1) is 12.1 Å². The monoisotopic (exact) mass is 395 g/mol. The van der Waals surface area contributed by atoms with Gasteiger partial charge >= 0.3 is 0 Å². The highest BCUT2D eigenvalue weighted by Crippen LogP contribution is 2.23. The van der Waals surface area contributed by atoms with Gasteiger partial charge in [0.1, 0.15) is 6.04 Å². The number of hydrogen-bond acceptors (Lipinski definition) is 4. The van der Waals surface area contributed by atoms with Crippen molar-refractivity contribution in [2.75, 3.05) is 33.8 Å². The normalized spacial score (nSPS) is 25.6. The molecule has 1 aliphatic heterocycles. The zero-order valence-corrected chi connectivity index (χ0v) is 18.9. The number of hydrogen-bond donors (Lipinski definition) is 1. The van der Waals surface area contributed by atoms with Gasteiger partial charge in [-0.25, -0.2) is 0 Å². The van der Waals surface area contributed by atoms with E-state index in [1.807, 2.05) is 27.0 Å². The van der Waals surface area contributed by atoms with Gasteiger partial charge in [-0.1, -0.05) is 32.9 Å². The molecule has 1 N–H and O–H groups in total. The Hall–Kier alpha value is -1.40. The number of rotatable bonds is 7. The average Bonchev–Trinajstić information content (AvgIpc) is 2.65. The largest absolute Gasteiger partial charge is 0.376 e. The SMILES string of the molecule is C/C=C/CC(C)C(OCC)C1C(=O)NCCCCN(C)C(C(C)C)C(=O)N1C. The Morgan fingerprint density at radius 2 is 1.86 bits per heavy atom. The molecule has 1 fully saturated rings. The lowest BCUT2D eigenvalue weighted by Crippen LogP contribution is -2.60. The van der Waals surface area contributed by atoms with Crippen LogP contribution in [0.4, 0.5) is 0 Å². The molecular formula is C22H41N3O3. The number of amides is 2. The maximum Gasteiger partial charge on any atom is 0.245 e. The van der Waals surface area contributed by atoms with Crippen molar-refractivity contribution >= 4 is 11.8 Å². The molecule has 162 valence electrons. The zero-order chi connectivity index (χ0) is 21.3. The van der Waals surface area contributed by atoms with E-state index in [0.717, 1.165) is 25.8 Å². The molecule has 4 atom stereocenters. The molecule has 0 aromatic rings. The van der Waals surface area contributed by atoms with E-state index >= 15 is 0 Å². The Balaban J connectivity index is 3.29. The first kappa shape index (κ1) is 24.6. The van der Waals surface area contributed by atoms with E-state index in [2.05, 4.69) is 37.1 Å². The maximum atomic E-state index is 13.5. The van der Waals surface area contributed by atoms with E-state index in [1.54, 1.807) is 11.9 Å². The molecule has 28 heavy (non-hydrogen) atoms. The van der Waals surface area contributed by atoms with Crippen LogP contribution >= 0.6 is 0 Å². The molecule has 1 heterocycles. The first-order valence-corrected chi connectivity index (χ1v) is 10.7. The second-order valence-electron chi connectivity index (χ2n) is 8.26. The highest BCUT2D eigenvalue weighted by atomic mass is 16.5. The molecule has 0 bridgehead atoms. The first-order valence-electron chi connectivity index (χ1n) is 10.7. The topological polar surface area (TPSA) is 61.9 Å². The molecule has 0 radical (unpaired) electrons. The maximum absolute atomic E-state index is 13.5. The molecule has 6 heteroatoms. The molecule has 0 saturated carbocycles. The Morgan fingerprint density at radius 3 is 2.43 bits per heavy atom. The van der Waals surface area contributed by atoms with Crippen molar-refractivity contribution in [1.82, 2.24) is 15.1 Å². The molecular weight excluding hydrogens is 354 g/mol. The minimum Gasteiger partial charge on any atom is -0.376 e. The lowest BCUT2D eigenvalue weighted by Gasteiger charge is -2.39. The molecule has 1 aliphatic rings. The zero-order valence-electron chi connectivity index (χ0n) is 18.9. The summed E-state index contributed by atoms with van der Waals surface area (Å²) in [6.45, 7) is 12.1. The van der Waals surface area contributed by atoms with Crippen LogP contribution in [0, 0.1) is 11.8 Å². The Labute approximate surface area is 171 Å². The van der Waals surface area contributed by atoms with Gasteiger partial charge in [-0.05, 0) is 58.5 Å². The number of nitrogens with one attached hydrogen (secondary N) is 1. The molecule has 0 aromatic carbocycles. The average molecular weight is 396 g/mol. The lowest BCUT2D eigenvalue weighted by molar-refractivity contribution is -0.151. The molecule has 0 aromatic heterocycles. The van der Waals surface area contributed by atoms with Gasteiger partial charge in [0, 0.05) is 20.2 Å². The summed E-state index contributed by atoms with van der Waals surface area (Å²) in [6, 6.07) is -0.882.